The van der Waals surface area contributed by atoms with Gasteiger partial charge in [0.2, 0.25) is 5.95 Å². The highest BCUT2D eigenvalue weighted by Gasteiger charge is 2.13. The highest BCUT2D eigenvalue weighted by molar-refractivity contribution is 6.01. The second-order valence-corrected chi connectivity index (χ2v) is 6.95. The number of carbonyl (C=O) groups excluding carboxylic acids is 1. The quantitative estimate of drug-likeness (QED) is 0.450. The van der Waals surface area contributed by atoms with Crippen molar-refractivity contribution < 1.29 is 9.53 Å². The van der Waals surface area contributed by atoms with Crippen LogP contribution in [0.25, 0.3) is 23.1 Å². The molecule has 156 valence electrons. The average Bonchev–Trinajstić information content (AvgIpc) is 3.12. The predicted octanol–water partition coefficient (Wildman–Crippen LogP) is 4.54. The molecule has 4 rings (SSSR count). The number of aromatic nitrogens is 4. The fourth-order valence-electron chi connectivity index (χ4n) is 3.25. The number of benzene rings is 1. The van der Waals surface area contributed by atoms with Crippen LogP contribution in [0.4, 0.5) is 5.95 Å². The monoisotopic (exact) mass is 413 g/mol. The number of anilines is 1. The Balaban J connectivity index is 1.53. The lowest BCUT2D eigenvalue weighted by Crippen LogP contribution is -2.11. The molecular formula is C24H23N5O2. The van der Waals surface area contributed by atoms with Gasteiger partial charge in [0.25, 0.3) is 5.91 Å². The number of imidazole rings is 1. The van der Waals surface area contributed by atoms with Crippen LogP contribution in [0.15, 0.2) is 67.0 Å². The zero-order chi connectivity index (χ0) is 21.6. The van der Waals surface area contributed by atoms with Gasteiger partial charge in [0.05, 0.1) is 23.7 Å². The molecule has 0 atom stereocenters. The van der Waals surface area contributed by atoms with Gasteiger partial charge < -0.3 is 4.74 Å². The summed E-state index contributed by atoms with van der Waals surface area (Å²) in [6.45, 7) is 4.61. The number of nitrogens with one attached hydrogen (secondary N) is 1. The van der Waals surface area contributed by atoms with Crippen LogP contribution in [0.2, 0.25) is 0 Å². The number of hydrogen-bond acceptors (Lipinski definition) is 5. The van der Waals surface area contributed by atoms with E-state index in [2.05, 4.69) is 20.3 Å². The van der Waals surface area contributed by atoms with Gasteiger partial charge in [-0.3, -0.25) is 14.5 Å². The Hall–Kier alpha value is -4.00. The third-order valence-electron chi connectivity index (χ3n) is 4.63. The lowest BCUT2D eigenvalue weighted by Gasteiger charge is -2.07. The zero-order valence-electron chi connectivity index (χ0n) is 17.4. The number of ether oxygens (including phenoxy) is 1. The number of nitrogens with zero attached hydrogens (tertiary/aromatic N) is 4. The maximum absolute atomic E-state index is 12.5. The number of amides is 1. The van der Waals surface area contributed by atoms with Gasteiger partial charge >= 0.3 is 0 Å². The minimum absolute atomic E-state index is 0.230. The lowest BCUT2D eigenvalue weighted by molar-refractivity contribution is -0.111. The summed E-state index contributed by atoms with van der Waals surface area (Å²) in [6.07, 6.45) is 7.64. The van der Waals surface area contributed by atoms with Gasteiger partial charge in [-0.05, 0) is 43.7 Å². The fraction of sp³-hybridized carbons (Fsp3) is 0.167. The van der Waals surface area contributed by atoms with Crippen molar-refractivity contribution in [2.45, 2.75) is 20.3 Å². The van der Waals surface area contributed by atoms with Crippen LogP contribution < -0.4 is 10.1 Å². The molecule has 7 nitrogen and oxygen atoms in total. The van der Waals surface area contributed by atoms with Gasteiger partial charge in [0.1, 0.15) is 11.4 Å². The molecule has 7 heteroatoms. The summed E-state index contributed by atoms with van der Waals surface area (Å²) in [5.41, 5.74) is 4.08. The molecule has 4 aromatic rings. The van der Waals surface area contributed by atoms with Crippen LogP contribution in [0.1, 0.15) is 24.6 Å². The summed E-state index contributed by atoms with van der Waals surface area (Å²) in [7, 11) is 0. The van der Waals surface area contributed by atoms with Gasteiger partial charge in [0, 0.05) is 24.0 Å². The van der Waals surface area contributed by atoms with Gasteiger partial charge in [-0.2, -0.15) is 0 Å². The van der Waals surface area contributed by atoms with E-state index in [0.29, 0.717) is 12.3 Å². The van der Waals surface area contributed by atoms with E-state index in [9.17, 15) is 4.79 Å². The summed E-state index contributed by atoms with van der Waals surface area (Å²) >= 11 is 0. The molecule has 1 aromatic carbocycles. The average molecular weight is 413 g/mol. The molecule has 1 amide bonds. The van der Waals surface area contributed by atoms with E-state index in [-0.39, 0.29) is 11.9 Å². The second-order valence-electron chi connectivity index (χ2n) is 6.95. The van der Waals surface area contributed by atoms with Crippen molar-refractivity contribution in [1.29, 1.82) is 0 Å². The summed E-state index contributed by atoms with van der Waals surface area (Å²) in [4.78, 5) is 25.7. The molecule has 0 radical (unpaired) electrons. The Bertz CT molecular complexity index is 1250. The zero-order valence-corrected chi connectivity index (χ0v) is 17.4. The van der Waals surface area contributed by atoms with Crippen molar-refractivity contribution in [3.05, 3.63) is 78.3 Å². The molecule has 31 heavy (non-hydrogen) atoms. The Morgan fingerprint density at radius 3 is 2.84 bits per heavy atom. The molecule has 0 unspecified atom stereocenters. The van der Waals surface area contributed by atoms with Crippen molar-refractivity contribution in [3.63, 3.8) is 0 Å². The first kappa shape index (κ1) is 20.3. The van der Waals surface area contributed by atoms with E-state index in [4.69, 9.17) is 4.74 Å². The molecule has 0 spiro atoms. The number of pyridine rings is 1. The minimum Gasteiger partial charge on any atom is -0.493 e. The van der Waals surface area contributed by atoms with Crippen molar-refractivity contribution >= 4 is 23.6 Å². The van der Waals surface area contributed by atoms with Crippen LogP contribution in [0.3, 0.4) is 0 Å². The second kappa shape index (κ2) is 9.21. The largest absolute Gasteiger partial charge is 0.493 e. The molecule has 0 aliphatic heterocycles. The van der Waals surface area contributed by atoms with E-state index in [0.717, 1.165) is 34.8 Å². The first-order valence-electron chi connectivity index (χ1n) is 10.1. The highest BCUT2D eigenvalue weighted by Crippen LogP contribution is 2.23. The molecule has 3 aromatic heterocycles. The first-order valence-corrected chi connectivity index (χ1v) is 10.1. The number of rotatable bonds is 7. The Kier molecular flexibility index (Phi) is 6.03. The number of fused-ring (bicyclic) bond motifs is 1. The van der Waals surface area contributed by atoms with E-state index < -0.39 is 0 Å². The van der Waals surface area contributed by atoms with Gasteiger partial charge in [-0.15, -0.1) is 0 Å². The van der Waals surface area contributed by atoms with Crippen molar-refractivity contribution in [1.82, 2.24) is 19.4 Å². The van der Waals surface area contributed by atoms with Crippen LogP contribution in [-0.4, -0.2) is 31.9 Å². The molecule has 0 saturated carbocycles. The fourth-order valence-corrected chi connectivity index (χ4v) is 3.25. The number of carbonyl (C=O) groups is 1. The molecule has 0 aliphatic carbocycles. The summed E-state index contributed by atoms with van der Waals surface area (Å²) in [6, 6.07) is 15.2. The van der Waals surface area contributed by atoms with E-state index in [1.807, 2.05) is 66.9 Å². The Labute approximate surface area is 180 Å². The first-order chi connectivity index (χ1) is 15.2. The summed E-state index contributed by atoms with van der Waals surface area (Å²) in [5.74, 6) is 0.653. The molecule has 1 N–H and O–H groups in total. The summed E-state index contributed by atoms with van der Waals surface area (Å²) in [5, 5.41) is 2.73. The minimum atomic E-state index is -0.322. The standard InChI is InChI=1S/C24H23N5O2/c1-3-16-31-20-9-5-4-8-18(20)11-12-22(30)28-24-25-14-13-19(27-24)23-17(2)26-21-10-6-7-15-29(21)23/h4-15H,3,16H2,1-2H3,(H,25,27,28,30)/b12-11+. The van der Waals surface area contributed by atoms with E-state index >= 15 is 0 Å². The van der Waals surface area contributed by atoms with E-state index in [1.165, 1.54) is 6.08 Å². The number of para-hydroxylation sites is 1. The molecular weight excluding hydrogens is 390 g/mol. The number of aryl methyl sites for hydroxylation is 1. The van der Waals surface area contributed by atoms with E-state index in [1.54, 1.807) is 18.3 Å². The molecule has 0 bridgehead atoms. The van der Waals surface area contributed by atoms with Crippen LogP contribution in [0.5, 0.6) is 5.75 Å². The van der Waals surface area contributed by atoms with Gasteiger partial charge in [-0.25, -0.2) is 15.0 Å². The van der Waals surface area contributed by atoms with Gasteiger partial charge in [-0.1, -0.05) is 31.2 Å². The highest BCUT2D eigenvalue weighted by atomic mass is 16.5. The van der Waals surface area contributed by atoms with Crippen molar-refractivity contribution in [2.24, 2.45) is 0 Å². The maximum atomic E-state index is 12.5. The molecule has 3 heterocycles. The van der Waals surface area contributed by atoms with Crippen molar-refractivity contribution in [2.75, 3.05) is 11.9 Å². The van der Waals surface area contributed by atoms with Gasteiger partial charge in [0.15, 0.2) is 0 Å². The normalized spacial score (nSPS) is 11.2. The maximum Gasteiger partial charge on any atom is 0.250 e. The third kappa shape index (κ3) is 4.61. The molecule has 0 saturated heterocycles. The SMILES string of the molecule is CCCOc1ccccc1/C=C/C(=O)Nc1nccc(-c2c(C)nc3ccccn23)n1. The van der Waals surface area contributed by atoms with Crippen LogP contribution in [-0.2, 0) is 4.79 Å². The smallest absolute Gasteiger partial charge is 0.250 e. The Morgan fingerprint density at radius 2 is 1.97 bits per heavy atom. The van der Waals surface area contributed by atoms with Crippen molar-refractivity contribution in [3.8, 4) is 17.1 Å². The Morgan fingerprint density at radius 1 is 1.13 bits per heavy atom. The topological polar surface area (TPSA) is 81.4 Å². The molecule has 0 fully saturated rings. The predicted molar refractivity (Wildman–Crippen MR) is 121 cm³/mol. The van der Waals surface area contributed by atoms with Crippen LogP contribution in [0, 0.1) is 6.92 Å². The number of hydrogen-bond donors (Lipinski definition) is 1. The van der Waals surface area contributed by atoms with Crippen LogP contribution >= 0.6 is 0 Å². The lowest BCUT2D eigenvalue weighted by atomic mass is 10.2. The third-order valence-corrected chi connectivity index (χ3v) is 4.63. The summed E-state index contributed by atoms with van der Waals surface area (Å²) < 4.78 is 7.69. The molecule has 0 aliphatic rings.